The Morgan fingerprint density at radius 1 is 1.17 bits per heavy atom. The molecule has 0 atom stereocenters. The van der Waals surface area contributed by atoms with Crippen LogP contribution in [0.4, 0.5) is 4.79 Å². The summed E-state index contributed by atoms with van der Waals surface area (Å²) in [5.41, 5.74) is 3.78. The molecule has 0 aliphatic rings. The Labute approximate surface area is 170 Å². The lowest BCUT2D eigenvalue weighted by Gasteiger charge is -2.14. The highest BCUT2D eigenvalue weighted by molar-refractivity contribution is 7.17. The minimum Gasteiger partial charge on any atom is -0.496 e. The molecule has 148 valence electrons. The van der Waals surface area contributed by atoms with Gasteiger partial charge in [0.1, 0.15) is 10.4 Å². The number of rotatable bonds is 6. The third-order valence-corrected chi connectivity index (χ3v) is 5.85. The van der Waals surface area contributed by atoms with Gasteiger partial charge in [-0.25, -0.2) is 4.79 Å². The molecule has 3 N–H and O–H groups in total. The number of hydrogen-bond acceptors (Lipinski definition) is 4. The SMILES string of the molecule is COc1ccc2[nH]c(=O)c3sccc3c2c1-c1ccc(CCCNC(=O)O)cc1. The molecule has 0 saturated heterocycles. The number of aromatic amines is 1. The lowest BCUT2D eigenvalue weighted by atomic mass is 9.96. The van der Waals surface area contributed by atoms with Gasteiger partial charge in [-0.05, 0) is 47.5 Å². The van der Waals surface area contributed by atoms with E-state index in [9.17, 15) is 9.59 Å². The average Bonchev–Trinajstić information content (AvgIpc) is 3.21. The molecular weight excluding hydrogens is 388 g/mol. The standard InChI is InChI=1S/C22H20N2O4S/c1-28-17-9-8-16-19(15-10-12-29-20(15)21(25)24-16)18(17)14-6-4-13(5-7-14)3-2-11-23-22(26)27/h4-10,12,23H,2-3,11H2,1H3,(H,24,25)(H,26,27). The van der Waals surface area contributed by atoms with Crippen molar-refractivity contribution < 1.29 is 14.6 Å². The number of fused-ring (bicyclic) bond motifs is 3. The molecule has 0 radical (unpaired) electrons. The van der Waals surface area contributed by atoms with Crippen LogP contribution in [0.5, 0.6) is 5.75 Å². The predicted molar refractivity (Wildman–Crippen MR) is 116 cm³/mol. The monoisotopic (exact) mass is 408 g/mol. The molecule has 4 rings (SSSR count). The second-order valence-corrected chi connectivity index (χ2v) is 7.63. The Hall–Kier alpha value is -3.32. The number of methoxy groups -OCH3 is 1. The maximum Gasteiger partial charge on any atom is 0.404 e. The first kappa shape index (κ1) is 19.0. The van der Waals surface area contributed by atoms with Gasteiger partial charge in [-0.3, -0.25) is 4.79 Å². The molecule has 7 heteroatoms. The molecule has 0 fully saturated rings. The van der Waals surface area contributed by atoms with E-state index in [1.54, 1.807) is 7.11 Å². The van der Waals surface area contributed by atoms with Crippen LogP contribution in [0.3, 0.4) is 0 Å². The molecule has 0 saturated carbocycles. The van der Waals surface area contributed by atoms with Gasteiger partial charge in [-0.1, -0.05) is 24.3 Å². The largest absolute Gasteiger partial charge is 0.496 e. The zero-order chi connectivity index (χ0) is 20.4. The van der Waals surface area contributed by atoms with Crippen molar-refractivity contribution >= 4 is 38.4 Å². The molecule has 0 aliphatic carbocycles. The van der Waals surface area contributed by atoms with Crippen LogP contribution in [-0.2, 0) is 6.42 Å². The smallest absolute Gasteiger partial charge is 0.404 e. The molecule has 2 heterocycles. The molecule has 0 aliphatic heterocycles. The van der Waals surface area contributed by atoms with Crippen LogP contribution in [0, 0.1) is 0 Å². The Morgan fingerprint density at radius 2 is 1.97 bits per heavy atom. The van der Waals surface area contributed by atoms with Crippen LogP contribution in [0.1, 0.15) is 12.0 Å². The van der Waals surface area contributed by atoms with Gasteiger partial charge < -0.3 is 20.1 Å². The Bertz CT molecular complexity index is 1240. The molecule has 2 aromatic heterocycles. The molecule has 29 heavy (non-hydrogen) atoms. The molecule has 2 aromatic carbocycles. The number of carboxylic acid groups (broad SMARTS) is 1. The minimum atomic E-state index is -0.999. The molecule has 0 bridgehead atoms. The van der Waals surface area contributed by atoms with Crippen molar-refractivity contribution in [3.63, 3.8) is 0 Å². The summed E-state index contributed by atoms with van der Waals surface area (Å²) in [6, 6.07) is 13.9. The second-order valence-electron chi connectivity index (χ2n) is 6.72. The van der Waals surface area contributed by atoms with E-state index in [2.05, 4.69) is 10.3 Å². The van der Waals surface area contributed by atoms with Crippen molar-refractivity contribution in [1.82, 2.24) is 10.3 Å². The highest BCUT2D eigenvalue weighted by Gasteiger charge is 2.16. The number of H-pyrrole nitrogens is 1. The van der Waals surface area contributed by atoms with Gasteiger partial charge >= 0.3 is 6.09 Å². The summed E-state index contributed by atoms with van der Waals surface area (Å²) in [6.45, 7) is 0.428. The first-order valence-electron chi connectivity index (χ1n) is 9.25. The van der Waals surface area contributed by atoms with Gasteiger partial charge in [-0.2, -0.15) is 0 Å². The van der Waals surface area contributed by atoms with Gasteiger partial charge in [0.2, 0.25) is 0 Å². The number of thiophene rings is 1. The van der Waals surface area contributed by atoms with Gasteiger partial charge in [-0.15, -0.1) is 11.3 Å². The van der Waals surface area contributed by atoms with Gasteiger partial charge in [0.15, 0.2) is 0 Å². The number of hydrogen-bond donors (Lipinski definition) is 3. The topological polar surface area (TPSA) is 91.4 Å². The average molecular weight is 408 g/mol. The summed E-state index contributed by atoms with van der Waals surface area (Å²) in [6.07, 6.45) is 0.524. The fraction of sp³-hybridized carbons (Fsp3) is 0.182. The first-order valence-corrected chi connectivity index (χ1v) is 10.1. The van der Waals surface area contributed by atoms with Gasteiger partial charge in [0, 0.05) is 28.4 Å². The number of carbonyl (C=O) groups is 1. The van der Waals surface area contributed by atoms with Crippen LogP contribution in [-0.4, -0.2) is 29.8 Å². The van der Waals surface area contributed by atoms with Gasteiger partial charge in [0.25, 0.3) is 5.56 Å². The normalized spacial score (nSPS) is 11.1. The molecule has 4 aromatic rings. The number of amides is 1. The van der Waals surface area contributed by atoms with E-state index in [-0.39, 0.29) is 5.56 Å². The Kier molecular flexibility index (Phi) is 5.22. The lowest BCUT2D eigenvalue weighted by molar-refractivity contribution is 0.194. The summed E-state index contributed by atoms with van der Waals surface area (Å²) in [7, 11) is 1.64. The number of benzene rings is 2. The molecule has 0 unspecified atom stereocenters. The number of aryl methyl sites for hydroxylation is 1. The molecular formula is C22H20N2O4S. The number of ether oxygens (including phenoxy) is 1. The maximum atomic E-state index is 12.3. The summed E-state index contributed by atoms with van der Waals surface area (Å²) in [4.78, 5) is 25.9. The fourth-order valence-electron chi connectivity index (χ4n) is 3.61. The van der Waals surface area contributed by atoms with Crippen molar-refractivity contribution in [2.45, 2.75) is 12.8 Å². The van der Waals surface area contributed by atoms with E-state index in [0.717, 1.165) is 51.6 Å². The number of nitrogens with one attached hydrogen (secondary N) is 2. The van der Waals surface area contributed by atoms with E-state index >= 15 is 0 Å². The Morgan fingerprint density at radius 3 is 2.69 bits per heavy atom. The number of pyridine rings is 1. The van der Waals surface area contributed by atoms with Crippen molar-refractivity contribution in [1.29, 1.82) is 0 Å². The van der Waals surface area contributed by atoms with E-state index in [1.807, 2.05) is 47.8 Å². The predicted octanol–water partition coefficient (Wildman–Crippen LogP) is 4.62. The van der Waals surface area contributed by atoms with E-state index < -0.39 is 6.09 Å². The zero-order valence-electron chi connectivity index (χ0n) is 15.8. The second kappa shape index (κ2) is 7.97. The van der Waals surface area contributed by atoms with E-state index in [1.165, 1.54) is 11.3 Å². The summed E-state index contributed by atoms with van der Waals surface area (Å²) >= 11 is 1.43. The van der Waals surface area contributed by atoms with Crippen molar-refractivity contribution in [2.75, 3.05) is 13.7 Å². The highest BCUT2D eigenvalue weighted by atomic mass is 32.1. The van der Waals surface area contributed by atoms with E-state index in [4.69, 9.17) is 9.84 Å². The van der Waals surface area contributed by atoms with Crippen LogP contribution >= 0.6 is 11.3 Å². The summed E-state index contributed by atoms with van der Waals surface area (Å²) in [5, 5.41) is 14.8. The fourth-order valence-corrected chi connectivity index (χ4v) is 4.41. The summed E-state index contributed by atoms with van der Waals surface area (Å²) < 4.78 is 6.35. The third kappa shape index (κ3) is 3.69. The first-order chi connectivity index (χ1) is 14.1. The van der Waals surface area contributed by atoms with E-state index in [0.29, 0.717) is 11.2 Å². The molecule has 0 spiro atoms. The summed E-state index contributed by atoms with van der Waals surface area (Å²) in [5.74, 6) is 0.746. The van der Waals surface area contributed by atoms with Crippen LogP contribution in [0.25, 0.3) is 32.1 Å². The van der Waals surface area contributed by atoms with Crippen LogP contribution in [0.2, 0.25) is 0 Å². The zero-order valence-corrected chi connectivity index (χ0v) is 16.6. The van der Waals surface area contributed by atoms with Crippen LogP contribution < -0.4 is 15.6 Å². The van der Waals surface area contributed by atoms with Gasteiger partial charge in [0.05, 0.1) is 7.11 Å². The maximum absolute atomic E-state index is 12.3. The van der Waals surface area contributed by atoms with Crippen molar-refractivity contribution in [2.24, 2.45) is 0 Å². The minimum absolute atomic E-state index is 0.0797. The van der Waals surface area contributed by atoms with Crippen molar-refractivity contribution in [3.05, 3.63) is 63.8 Å². The quantitative estimate of drug-likeness (QED) is 0.406. The lowest BCUT2D eigenvalue weighted by Crippen LogP contribution is -2.22. The molecule has 6 nitrogen and oxygen atoms in total. The van der Waals surface area contributed by atoms with Crippen molar-refractivity contribution in [3.8, 4) is 16.9 Å². The molecule has 1 amide bonds. The van der Waals surface area contributed by atoms with Crippen LogP contribution in [0.15, 0.2) is 52.6 Å². The third-order valence-electron chi connectivity index (χ3n) is 4.94. The number of aromatic nitrogens is 1. The Balaban J connectivity index is 1.76. The highest BCUT2D eigenvalue weighted by Crippen LogP contribution is 2.40.